The standard InChI is InChI=1S/C18H28N4O/c1-16(15-19-18(23)22-9-5-6-10-22)20-11-13-21(14-12-20)17-7-3-2-4-8-17/h2-4,7-8,16H,5-6,9-15H2,1H3,(H,19,23). The molecule has 23 heavy (non-hydrogen) atoms. The highest BCUT2D eigenvalue weighted by molar-refractivity contribution is 5.74. The SMILES string of the molecule is CC(CNC(=O)N1CCCC1)N1CCN(c2ccccc2)CC1. The second-order valence-electron chi connectivity index (χ2n) is 6.59. The van der Waals surface area contributed by atoms with E-state index < -0.39 is 0 Å². The number of para-hydroxylation sites is 1. The van der Waals surface area contributed by atoms with Gasteiger partial charge in [-0.25, -0.2) is 4.79 Å². The molecule has 1 aromatic carbocycles. The van der Waals surface area contributed by atoms with E-state index in [9.17, 15) is 4.79 Å². The van der Waals surface area contributed by atoms with E-state index >= 15 is 0 Å². The highest BCUT2D eigenvalue weighted by atomic mass is 16.2. The molecule has 0 aliphatic carbocycles. The van der Waals surface area contributed by atoms with Crippen LogP contribution in [-0.4, -0.2) is 67.7 Å². The fourth-order valence-electron chi connectivity index (χ4n) is 3.46. The highest BCUT2D eigenvalue weighted by Gasteiger charge is 2.23. The van der Waals surface area contributed by atoms with E-state index in [1.165, 1.54) is 5.69 Å². The van der Waals surface area contributed by atoms with Gasteiger partial charge < -0.3 is 15.1 Å². The molecule has 5 nitrogen and oxygen atoms in total. The zero-order valence-electron chi connectivity index (χ0n) is 14.1. The van der Waals surface area contributed by atoms with Crippen LogP contribution in [-0.2, 0) is 0 Å². The molecule has 2 heterocycles. The smallest absolute Gasteiger partial charge is 0.317 e. The van der Waals surface area contributed by atoms with E-state index in [-0.39, 0.29) is 6.03 Å². The predicted octanol–water partition coefficient (Wildman–Crippen LogP) is 2.00. The molecule has 3 rings (SSSR count). The predicted molar refractivity (Wildman–Crippen MR) is 93.9 cm³/mol. The molecule has 0 spiro atoms. The Balaban J connectivity index is 1.41. The summed E-state index contributed by atoms with van der Waals surface area (Å²) in [6, 6.07) is 11.1. The molecule has 1 unspecified atom stereocenters. The van der Waals surface area contributed by atoms with Gasteiger partial charge in [0, 0.05) is 57.5 Å². The Morgan fingerprint density at radius 2 is 1.70 bits per heavy atom. The number of anilines is 1. The van der Waals surface area contributed by atoms with Gasteiger partial charge in [-0.05, 0) is 31.9 Å². The second-order valence-corrected chi connectivity index (χ2v) is 6.59. The number of nitrogens with one attached hydrogen (secondary N) is 1. The third-order valence-corrected chi connectivity index (χ3v) is 5.00. The van der Waals surface area contributed by atoms with E-state index in [1.54, 1.807) is 0 Å². The minimum Gasteiger partial charge on any atom is -0.369 e. The number of benzene rings is 1. The van der Waals surface area contributed by atoms with Crippen molar-refractivity contribution in [3.63, 3.8) is 0 Å². The van der Waals surface area contributed by atoms with Gasteiger partial charge in [-0.1, -0.05) is 18.2 Å². The molecule has 0 aromatic heterocycles. The lowest BCUT2D eigenvalue weighted by atomic mass is 10.2. The Kier molecular flexibility index (Phi) is 5.39. The van der Waals surface area contributed by atoms with E-state index in [2.05, 4.69) is 52.4 Å². The second kappa shape index (κ2) is 7.68. The fraction of sp³-hybridized carbons (Fsp3) is 0.611. The van der Waals surface area contributed by atoms with Crippen LogP contribution >= 0.6 is 0 Å². The lowest BCUT2D eigenvalue weighted by Gasteiger charge is -2.39. The molecular weight excluding hydrogens is 288 g/mol. The number of likely N-dealkylation sites (tertiary alicyclic amines) is 1. The van der Waals surface area contributed by atoms with Gasteiger partial charge in [0.05, 0.1) is 0 Å². The first-order valence-corrected chi connectivity index (χ1v) is 8.81. The molecule has 1 N–H and O–H groups in total. The fourth-order valence-corrected chi connectivity index (χ4v) is 3.46. The largest absolute Gasteiger partial charge is 0.369 e. The average Bonchev–Trinajstić information content (AvgIpc) is 3.15. The Morgan fingerprint density at radius 3 is 2.35 bits per heavy atom. The van der Waals surface area contributed by atoms with Gasteiger partial charge in [-0.3, -0.25) is 4.90 Å². The minimum atomic E-state index is 0.109. The summed E-state index contributed by atoms with van der Waals surface area (Å²) in [5.74, 6) is 0. The van der Waals surface area contributed by atoms with Crippen molar-refractivity contribution in [3.8, 4) is 0 Å². The van der Waals surface area contributed by atoms with Crippen LogP contribution in [0.2, 0.25) is 0 Å². The van der Waals surface area contributed by atoms with Crippen LogP contribution < -0.4 is 10.2 Å². The van der Waals surface area contributed by atoms with Crippen molar-refractivity contribution in [2.45, 2.75) is 25.8 Å². The number of urea groups is 1. The van der Waals surface area contributed by atoms with Gasteiger partial charge in [-0.15, -0.1) is 0 Å². The normalized spacial score (nSPS) is 20.6. The van der Waals surface area contributed by atoms with Crippen molar-refractivity contribution in [1.29, 1.82) is 0 Å². The molecule has 2 amide bonds. The van der Waals surface area contributed by atoms with Crippen molar-refractivity contribution < 1.29 is 4.79 Å². The van der Waals surface area contributed by atoms with Crippen LogP contribution in [0.25, 0.3) is 0 Å². The molecule has 0 bridgehead atoms. The maximum absolute atomic E-state index is 12.1. The Morgan fingerprint density at radius 1 is 1.04 bits per heavy atom. The average molecular weight is 316 g/mol. The summed E-state index contributed by atoms with van der Waals surface area (Å²) in [5.41, 5.74) is 1.31. The number of carbonyl (C=O) groups excluding carboxylic acids is 1. The number of rotatable bonds is 4. The van der Waals surface area contributed by atoms with Gasteiger partial charge in [0.1, 0.15) is 0 Å². The monoisotopic (exact) mass is 316 g/mol. The molecule has 2 fully saturated rings. The Bertz CT molecular complexity index is 493. The van der Waals surface area contributed by atoms with E-state index in [4.69, 9.17) is 0 Å². The molecule has 1 aromatic rings. The topological polar surface area (TPSA) is 38.8 Å². The van der Waals surface area contributed by atoms with Gasteiger partial charge in [0.2, 0.25) is 0 Å². The number of nitrogens with zero attached hydrogens (tertiary/aromatic N) is 3. The maximum Gasteiger partial charge on any atom is 0.317 e. The van der Waals surface area contributed by atoms with E-state index in [1.807, 2.05) is 4.90 Å². The maximum atomic E-state index is 12.1. The first-order valence-electron chi connectivity index (χ1n) is 8.81. The number of amides is 2. The lowest BCUT2D eigenvalue weighted by Crippen LogP contribution is -2.53. The summed E-state index contributed by atoms with van der Waals surface area (Å²) in [5, 5.41) is 3.10. The number of hydrogen-bond acceptors (Lipinski definition) is 3. The molecule has 2 aliphatic rings. The zero-order chi connectivity index (χ0) is 16.1. The third kappa shape index (κ3) is 4.16. The summed E-state index contributed by atoms with van der Waals surface area (Å²) in [7, 11) is 0. The van der Waals surface area contributed by atoms with Gasteiger partial charge in [-0.2, -0.15) is 0 Å². The summed E-state index contributed by atoms with van der Waals surface area (Å²) < 4.78 is 0. The van der Waals surface area contributed by atoms with Crippen molar-refractivity contribution in [3.05, 3.63) is 30.3 Å². The van der Waals surface area contributed by atoms with Crippen molar-refractivity contribution >= 4 is 11.7 Å². The first-order chi connectivity index (χ1) is 11.2. The molecule has 2 saturated heterocycles. The van der Waals surface area contributed by atoms with E-state index in [0.29, 0.717) is 6.04 Å². The van der Waals surface area contributed by atoms with Gasteiger partial charge >= 0.3 is 6.03 Å². The number of carbonyl (C=O) groups is 1. The number of piperazine rings is 1. The van der Waals surface area contributed by atoms with Crippen molar-refractivity contribution in [2.75, 3.05) is 50.7 Å². The van der Waals surface area contributed by atoms with Crippen LogP contribution in [0.3, 0.4) is 0 Å². The van der Waals surface area contributed by atoms with Crippen LogP contribution in [0.15, 0.2) is 30.3 Å². The third-order valence-electron chi connectivity index (χ3n) is 5.00. The zero-order valence-corrected chi connectivity index (χ0v) is 14.1. The van der Waals surface area contributed by atoms with Crippen molar-refractivity contribution in [1.82, 2.24) is 15.1 Å². The van der Waals surface area contributed by atoms with Crippen LogP contribution in [0.4, 0.5) is 10.5 Å². The summed E-state index contributed by atoms with van der Waals surface area (Å²) in [4.78, 5) is 18.9. The van der Waals surface area contributed by atoms with Gasteiger partial charge in [0.15, 0.2) is 0 Å². The highest BCUT2D eigenvalue weighted by Crippen LogP contribution is 2.16. The molecule has 1 atom stereocenters. The molecular formula is C18H28N4O. The molecule has 2 aliphatic heterocycles. The number of hydrogen-bond donors (Lipinski definition) is 1. The van der Waals surface area contributed by atoms with Crippen molar-refractivity contribution in [2.24, 2.45) is 0 Å². The quantitative estimate of drug-likeness (QED) is 0.923. The lowest BCUT2D eigenvalue weighted by molar-refractivity contribution is 0.181. The first kappa shape index (κ1) is 16.1. The van der Waals surface area contributed by atoms with Gasteiger partial charge in [0.25, 0.3) is 0 Å². The van der Waals surface area contributed by atoms with E-state index in [0.717, 1.165) is 58.7 Å². The Hall–Kier alpha value is -1.75. The van der Waals surface area contributed by atoms with Crippen LogP contribution in [0.1, 0.15) is 19.8 Å². The summed E-state index contributed by atoms with van der Waals surface area (Å²) in [6.45, 7) is 8.98. The molecule has 126 valence electrons. The van der Waals surface area contributed by atoms with Crippen LogP contribution in [0, 0.1) is 0 Å². The summed E-state index contributed by atoms with van der Waals surface area (Å²) in [6.07, 6.45) is 2.29. The minimum absolute atomic E-state index is 0.109. The molecule has 0 radical (unpaired) electrons. The van der Waals surface area contributed by atoms with Crippen LogP contribution in [0.5, 0.6) is 0 Å². The summed E-state index contributed by atoms with van der Waals surface area (Å²) >= 11 is 0. The molecule has 5 heteroatoms. The Labute approximate surface area is 139 Å². The molecule has 0 saturated carbocycles.